The minimum absolute atomic E-state index is 0. The summed E-state index contributed by atoms with van der Waals surface area (Å²) in [5.41, 5.74) is 5.98. The van der Waals surface area contributed by atoms with Gasteiger partial charge in [0.05, 0.1) is 18.8 Å². The Hall–Kier alpha value is -6.45. The molecular weight excluding hydrogens is 828 g/mol. The molecule has 6 aromatic rings. The quantitative estimate of drug-likeness (QED) is 0.107. The van der Waals surface area contributed by atoms with Gasteiger partial charge in [-0.3, -0.25) is 4.79 Å². The summed E-state index contributed by atoms with van der Waals surface area (Å²) in [5.74, 6) is -1.47. The van der Waals surface area contributed by atoms with Gasteiger partial charge in [-0.15, -0.1) is 12.4 Å². The number of carbonyl (C=O) groups is 2. The molecule has 2 aromatic heterocycles. The van der Waals surface area contributed by atoms with Gasteiger partial charge in [-0.1, -0.05) is 37.1 Å². The number of carboxylic acids is 1. The van der Waals surface area contributed by atoms with Crippen LogP contribution in [0.15, 0.2) is 122 Å². The van der Waals surface area contributed by atoms with Crippen molar-refractivity contribution in [3.05, 3.63) is 156 Å². The molecule has 2 heterocycles. The average molecular weight is 873 g/mol. The molecule has 0 bridgehead atoms. The van der Waals surface area contributed by atoms with Crippen molar-refractivity contribution in [1.29, 1.82) is 0 Å². The van der Waals surface area contributed by atoms with Crippen molar-refractivity contribution in [3.63, 3.8) is 0 Å². The van der Waals surface area contributed by atoms with Crippen LogP contribution < -0.4 is 20.5 Å². The predicted octanol–water partition coefficient (Wildman–Crippen LogP) is 9.13. The lowest BCUT2D eigenvalue weighted by molar-refractivity contribution is 0.0692. The van der Waals surface area contributed by atoms with Gasteiger partial charge in [-0.2, -0.15) is 0 Å². The third-order valence-corrected chi connectivity index (χ3v) is 10.3. The topological polar surface area (TPSA) is 162 Å². The summed E-state index contributed by atoms with van der Waals surface area (Å²) in [6, 6.07) is 23.7. The molecule has 0 saturated heterocycles. The zero-order chi connectivity index (χ0) is 43.1. The molecule has 2 aliphatic rings. The van der Waals surface area contributed by atoms with Crippen molar-refractivity contribution in [1.82, 2.24) is 25.3 Å². The maximum atomic E-state index is 14.6. The Labute approximate surface area is 362 Å². The normalized spacial score (nSPS) is 17.6. The van der Waals surface area contributed by atoms with Crippen LogP contribution in [0.4, 0.5) is 17.6 Å². The maximum Gasteiger partial charge on any atom is 0.339 e. The van der Waals surface area contributed by atoms with E-state index in [-0.39, 0.29) is 59.0 Å². The second-order valence-corrected chi connectivity index (χ2v) is 14.4. The van der Waals surface area contributed by atoms with Crippen molar-refractivity contribution >= 4 is 24.3 Å². The highest BCUT2D eigenvalue weighted by Gasteiger charge is 2.31. The van der Waals surface area contributed by atoms with E-state index in [2.05, 4.69) is 25.3 Å². The zero-order valence-electron chi connectivity index (χ0n) is 33.4. The number of aromatic nitrogens is 4. The monoisotopic (exact) mass is 872 g/mol. The molecule has 0 spiro atoms. The van der Waals surface area contributed by atoms with E-state index in [1.807, 2.05) is 0 Å². The summed E-state index contributed by atoms with van der Waals surface area (Å²) in [6.07, 6.45) is 12.1. The number of ether oxygens (including phenoxy) is 2. The van der Waals surface area contributed by atoms with Crippen LogP contribution in [0.5, 0.6) is 11.5 Å². The number of carboxylic acid groups (broad SMARTS) is 1. The summed E-state index contributed by atoms with van der Waals surface area (Å²) in [7, 11) is 0. The summed E-state index contributed by atoms with van der Waals surface area (Å²) in [4.78, 5) is 40.0. The zero-order valence-corrected chi connectivity index (χ0v) is 34.2. The van der Waals surface area contributed by atoms with E-state index in [0.717, 1.165) is 43.9 Å². The standard InChI is InChI=1S/C23H21F2N3O2.C12H16FNO.C11H7FN2O2.ClH/c24-16-8-10-17(11-9-16)30-14-15-4-1-7-20(15)28-23(29)21-18(5-2-6-19(21)25)22-26-12-3-13-27-22;13-10-4-6-11(7-5-10)15-8-9-2-1-3-12(9)14;12-8-4-1-3-7(9(8)11(15)16)10-13-5-2-6-14-10;/h2-3,5-6,8-13,15,20H,1,4,7,14H2,(H,28,29);4-7,9,12H,1-3,8,14H2;1-6H,(H,15,16);1H/t15-,20+;9-,12+;;/m11../s1. The molecule has 324 valence electrons. The van der Waals surface area contributed by atoms with Gasteiger partial charge in [0.25, 0.3) is 5.91 Å². The summed E-state index contributed by atoms with van der Waals surface area (Å²) in [5, 5.41) is 11.9. The van der Waals surface area contributed by atoms with Gasteiger partial charge in [0, 0.05) is 59.8 Å². The molecule has 0 unspecified atom stereocenters. The van der Waals surface area contributed by atoms with Crippen molar-refractivity contribution in [2.75, 3.05) is 13.2 Å². The minimum Gasteiger partial charge on any atom is -0.493 e. The van der Waals surface area contributed by atoms with Crippen molar-refractivity contribution in [2.24, 2.45) is 17.6 Å². The number of carbonyl (C=O) groups excluding carboxylic acids is 1. The lowest BCUT2D eigenvalue weighted by atomic mass is 10.0. The Balaban J connectivity index is 0.000000192. The van der Waals surface area contributed by atoms with E-state index in [1.54, 1.807) is 54.9 Å². The molecule has 2 aliphatic carbocycles. The molecule has 8 rings (SSSR count). The van der Waals surface area contributed by atoms with Crippen LogP contribution in [0.2, 0.25) is 0 Å². The molecule has 2 fully saturated rings. The molecule has 62 heavy (non-hydrogen) atoms. The molecule has 4 atom stereocenters. The van der Waals surface area contributed by atoms with Crippen LogP contribution in [0.25, 0.3) is 22.8 Å². The van der Waals surface area contributed by atoms with Gasteiger partial charge in [-0.05, 0) is 98.5 Å². The predicted molar refractivity (Wildman–Crippen MR) is 227 cm³/mol. The molecule has 0 aliphatic heterocycles. The second-order valence-electron chi connectivity index (χ2n) is 14.4. The van der Waals surface area contributed by atoms with E-state index >= 15 is 0 Å². The fourth-order valence-corrected chi connectivity index (χ4v) is 7.15. The van der Waals surface area contributed by atoms with Gasteiger partial charge in [0.2, 0.25) is 0 Å². The maximum absolute atomic E-state index is 14.6. The third-order valence-electron chi connectivity index (χ3n) is 10.3. The molecule has 0 radical (unpaired) electrons. The number of amides is 1. The number of halogens is 5. The molecule has 2 saturated carbocycles. The van der Waals surface area contributed by atoms with Crippen molar-refractivity contribution in [3.8, 4) is 34.3 Å². The molecule has 16 heteroatoms. The third kappa shape index (κ3) is 12.8. The number of aromatic carboxylic acids is 1. The number of nitrogens with two attached hydrogens (primary N) is 1. The number of nitrogens with one attached hydrogen (secondary N) is 1. The number of hydrogen-bond donors (Lipinski definition) is 3. The molecule has 1 amide bonds. The summed E-state index contributed by atoms with van der Waals surface area (Å²) in [6.45, 7) is 1.04. The number of benzene rings is 4. The second kappa shape index (κ2) is 23.0. The number of nitrogens with zero attached hydrogens (tertiary/aromatic N) is 4. The van der Waals surface area contributed by atoms with Gasteiger partial charge >= 0.3 is 5.97 Å². The Morgan fingerprint density at radius 3 is 1.55 bits per heavy atom. The SMILES string of the molecule is Cl.N[C@H]1CCC[C@@H]1COc1ccc(F)cc1.O=C(N[C@H]1CCC[C@@H]1COc1ccc(F)cc1)c1c(F)cccc1-c1ncccn1.O=C(O)c1c(F)cccc1-c1ncccn1. The largest absolute Gasteiger partial charge is 0.493 e. The van der Waals surface area contributed by atoms with E-state index in [1.165, 1.54) is 67.3 Å². The Morgan fingerprint density at radius 1 is 0.613 bits per heavy atom. The first-order chi connectivity index (χ1) is 29.6. The molecule has 11 nitrogen and oxygen atoms in total. The van der Waals surface area contributed by atoms with Crippen LogP contribution in [-0.2, 0) is 0 Å². The van der Waals surface area contributed by atoms with Crippen molar-refractivity contribution in [2.45, 2.75) is 50.6 Å². The molecule has 4 aromatic carbocycles. The van der Waals surface area contributed by atoms with Crippen LogP contribution in [0.3, 0.4) is 0 Å². The first-order valence-corrected chi connectivity index (χ1v) is 19.8. The van der Waals surface area contributed by atoms with Crippen LogP contribution in [-0.4, -0.2) is 62.2 Å². The van der Waals surface area contributed by atoms with Gasteiger partial charge in [0.15, 0.2) is 11.6 Å². The highest BCUT2D eigenvalue weighted by Crippen LogP contribution is 2.29. The summed E-state index contributed by atoms with van der Waals surface area (Å²) >= 11 is 0. The minimum atomic E-state index is -1.33. The van der Waals surface area contributed by atoms with Crippen LogP contribution >= 0.6 is 12.4 Å². The van der Waals surface area contributed by atoms with E-state index in [9.17, 15) is 27.2 Å². The average Bonchev–Trinajstić information content (AvgIpc) is 3.91. The van der Waals surface area contributed by atoms with Crippen LogP contribution in [0.1, 0.15) is 59.2 Å². The number of rotatable bonds is 11. The lowest BCUT2D eigenvalue weighted by Crippen LogP contribution is -2.40. The highest BCUT2D eigenvalue weighted by atomic mass is 35.5. The first-order valence-electron chi connectivity index (χ1n) is 19.8. The van der Waals surface area contributed by atoms with Crippen LogP contribution in [0, 0.1) is 35.1 Å². The summed E-state index contributed by atoms with van der Waals surface area (Å²) < 4.78 is 64.9. The highest BCUT2D eigenvalue weighted by molar-refractivity contribution is 6.00. The fraction of sp³-hybridized carbons (Fsp3) is 0.261. The first kappa shape index (κ1) is 46.6. The van der Waals surface area contributed by atoms with Gasteiger partial charge in [-0.25, -0.2) is 42.3 Å². The van der Waals surface area contributed by atoms with Gasteiger partial charge < -0.3 is 25.6 Å². The fourth-order valence-electron chi connectivity index (χ4n) is 7.15. The van der Waals surface area contributed by atoms with E-state index in [0.29, 0.717) is 36.3 Å². The molecule has 4 N–H and O–H groups in total. The molecular formula is C46H45ClF4N6O5. The Bertz CT molecular complexity index is 2350. The van der Waals surface area contributed by atoms with Crippen molar-refractivity contribution < 1.29 is 41.7 Å². The Morgan fingerprint density at radius 2 is 1.06 bits per heavy atom. The van der Waals surface area contributed by atoms with E-state index < -0.39 is 29.1 Å². The van der Waals surface area contributed by atoms with E-state index in [4.69, 9.17) is 20.3 Å². The Kier molecular flexibility index (Phi) is 17.3. The smallest absolute Gasteiger partial charge is 0.339 e. The lowest BCUT2D eigenvalue weighted by Gasteiger charge is -2.22. The number of hydrogen-bond acceptors (Lipinski definition) is 9. The van der Waals surface area contributed by atoms with Gasteiger partial charge in [0.1, 0.15) is 40.3 Å².